The van der Waals surface area contributed by atoms with Crippen LogP contribution in [0.2, 0.25) is 0 Å². The van der Waals surface area contributed by atoms with Gasteiger partial charge in [-0.05, 0) is 13.0 Å². The highest BCUT2D eigenvalue weighted by Crippen LogP contribution is 2.04. The topological polar surface area (TPSA) is 90.1 Å². The van der Waals surface area contributed by atoms with Gasteiger partial charge >= 0.3 is 5.97 Å². The number of nitrogens with zero attached hydrogens (tertiary/aromatic N) is 2. The van der Waals surface area contributed by atoms with E-state index in [9.17, 15) is 4.79 Å². The Kier molecular flexibility index (Phi) is 3.15. The predicted octanol–water partition coefficient (Wildman–Crippen LogP) is -0.0611. The summed E-state index contributed by atoms with van der Waals surface area (Å²) in [5, 5.41) is 7.17. The third kappa shape index (κ3) is 2.38. The number of nitrogen functional groups attached to an aromatic ring is 1. The second-order valence-electron chi connectivity index (χ2n) is 2.19. The molecule has 0 aliphatic heterocycles. The van der Waals surface area contributed by atoms with Crippen LogP contribution in [0.1, 0.15) is 17.3 Å². The summed E-state index contributed by atoms with van der Waals surface area (Å²) in [6.07, 6.45) is 1.32. The van der Waals surface area contributed by atoms with E-state index >= 15 is 0 Å². The maximum Gasteiger partial charge on any atom is 0.339 e. The number of anilines is 1. The van der Waals surface area contributed by atoms with Crippen molar-refractivity contribution in [3.63, 3.8) is 0 Å². The third-order valence-corrected chi connectivity index (χ3v) is 1.31. The van der Waals surface area contributed by atoms with Crippen molar-refractivity contribution in [2.24, 2.45) is 5.84 Å². The number of hydrogen-bond donors (Lipinski definition) is 2. The van der Waals surface area contributed by atoms with Gasteiger partial charge in [0.05, 0.1) is 18.4 Å². The SMILES string of the molecule is CCOC(=O)c1cnnc(NN)c1. The zero-order chi connectivity index (χ0) is 9.68. The molecule has 1 aromatic rings. The molecular formula is C7H10N4O2. The summed E-state index contributed by atoms with van der Waals surface area (Å²) in [4.78, 5) is 11.2. The van der Waals surface area contributed by atoms with Crippen molar-refractivity contribution in [3.05, 3.63) is 17.8 Å². The van der Waals surface area contributed by atoms with E-state index in [1.54, 1.807) is 6.92 Å². The van der Waals surface area contributed by atoms with E-state index in [0.29, 0.717) is 18.0 Å². The van der Waals surface area contributed by atoms with Crippen LogP contribution >= 0.6 is 0 Å². The van der Waals surface area contributed by atoms with Crippen molar-refractivity contribution in [2.75, 3.05) is 12.0 Å². The molecule has 3 N–H and O–H groups in total. The number of hydrogen-bond acceptors (Lipinski definition) is 6. The first kappa shape index (κ1) is 9.40. The van der Waals surface area contributed by atoms with E-state index < -0.39 is 5.97 Å². The number of aromatic nitrogens is 2. The summed E-state index contributed by atoms with van der Waals surface area (Å²) in [5.41, 5.74) is 2.61. The standard InChI is InChI=1S/C7H10N4O2/c1-2-13-7(12)5-3-6(10-8)11-9-4-5/h3-4H,2,8H2,1H3,(H,10,11). The Morgan fingerprint density at radius 3 is 3.15 bits per heavy atom. The van der Waals surface area contributed by atoms with Crippen LogP contribution in [0.4, 0.5) is 5.82 Å². The van der Waals surface area contributed by atoms with E-state index in [1.165, 1.54) is 12.3 Å². The minimum absolute atomic E-state index is 0.324. The number of nitrogens with two attached hydrogens (primary N) is 1. The number of rotatable bonds is 3. The van der Waals surface area contributed by atoms with Crippen LogP contribution in [0.5, 0.6) is 0 Å². The molecule has 0 amide bonds. The van der Waals surface area contributed by atoms with Crippen molar-refractivity contribution in [3.8, 4) is 0 Å². The van der Waals surface area contributed by atoms with Crippen LogP contribution in [0.25, 0.3) is 0 Å². The molecule has 0 atom stereocenters. The number of carbonyl (C=O) groups is 1. The van der Waals surface area contributed by atoms with E-state index in [2.05, 4.69) is 15.6 Å². The van der Waals surface area contributed by atoms with Gasteiger partial charge in [-0.25, -0.2) is 10.6 Å². The fraction of sp³-hybridized carbons (Fsp3) is 0.286. The molecule has 0 saturated heterocycles. The van der Waals surface area contributed by atoms with E-state index in [-0.39, 0.29) is 0 Å². The summed E-state index contributed by atoms with van der Waals surface area (Å²) < 4.78 is 4.75. The third-order valence-electron chi connectivity index (χ3n) is 1.31. The number of nitrogens with one attached hydrogen (secondary N) is 1. The van der Waals surface area contributed by atoms with Gasteiger partial charge in [0.2, 0.25) is 0 Å². The molecule has 1 heterocycles. The highest BCUT2D eigenvalue weighted by atomic mass is 16.5. The molecule has 0 fully saturated rings. The summed E-state index contributed by atoms with van der Waals surface area (Å²) >= 11 is 0. The summed E-state index contributed by atoms with van der Waals surface area (Å²) in [5.74, 6) is 4.98. The largest absolute Gasteiger partial charge is 0.462 e. The molecule has 0 aliphatic carbocycles. The average molecular weight is 182 g/mol. The Bertz CT molecular complexity index is 302. The first-order chi connectivity index (χ1) is 6.27. The van der Waals surface area contributed by atoms with Gasteiger partial charge in [-0.2, -0.15) is 5.10 Å². The zero-order valence-corrected chi connectivity index (χ0v) is 7.15. The molecule has 0 aromatic carbocycles. The van der Waals surface area contributed by atoms with Gasteiger partial charge in [-0.1, -0.05) is 0 Å². The van der Waals surface area contributed by atoms with Crippen LogP contribution in [-0.4, -0.2) is 22.8 Å². The second kappa shape index (κ2) is 4.36. The molecule has 0 bridgehead atoms. The Balaban J connectivity index is 2.82. The normalized spacial score (nSPS) is 9.38. The lowest BCUT2D eigenvalue weighted by molar-refractivity contribution is 0.0525. The number of hydrazine groups is 1. The lowest BCUT2D eigenvalue weighted by Crippen LogP contribution is -2.12. The van der Waals surface area contributed by atoms with Gasteiger partial charge in [0, 0.05) is 0 Å². The Labute approximate surface area is 75.1 Å². The zero-order valence-electron chi connectivity index (χ0n) is 7.15. The van der Waals surface area contributed by atoms with Crippen LogP contribution in [-0.2, 0) is 4.74 Å². The molecular weight excluding hydrogens is 172 g/mol. The average Bonchev–Trinajstić information content (AvgIpc) is 2.18. The first-order valence-corrected chi connectivity index (χ1v) is 3.74. The van der Waals surface area contributed by atoms with E-state index in [0.717, 1.165) is 0 Å². The number of carbonyl (C=O) groups excluding carboxylic acids is 1. The van der Waals surface area contributed by atoms with Crippen LogP contribution in [0.15, 0.2) is 12.3 Å². The van der Waals surface area contributed by atoms with Gasteiger partial charge in [0.1, 0.15) is 0 Å². The lowest BCUT2D eigenvalue weighted by Gasteiger charge is -2.01. The van der Waals surface area contributed by atoms with Gasteiger partial charge in [-0.15, -0.1) is 5.10 Å². The molecule has 0 radical (unpaired) electrons. The van der Waals surface area contributed by atoms with Crippen LogP contribution in [0.3, 0.4) is 0 Å². The molecule has 70 valence electrons. The van der Waals surface area contributed by atoms with E-state index in [1.807, 2.05) is 0 Å². The molecule has 1 aromatic heterocycles. The van der Waals surface area contributed by atoms with Gasteiger partial charge in [-0.3, -0.25) is 0 Å². The molecule has 6 nitrogen and oxygen atoms in total. The highest BCUT2D eigenvalue weighted by molar-refractivity contribution is 5.89. The predicted molar refractivity (Wildman–Crippen MR) is 45.8 cm³/mol. The maximum absolute atomic E-state index is 11.2. The van der Waals surface area contributed by atoms with Gasteiger partial charge < -0.3 is 10.2 Å². The van der Waals surface area contributed by atoms with Gasteiger partial charge in [0.15, 0.2) is 5.82 Å². The Morgan fingerprint density at radius 2 is 2.54 bits per heavy atom. The summed E-state index contributed by atoms with van der Waals surface area (Å²) in [6.45, 7) is 2.06. The molecule has 0 aliphatic rings. The van der Waals surface area contributed by atoms with E-state index in [4.69, 9.17) is 10.6 Å². The minimum atomic E-state index is -0.436. The maximum atomic E-state index is 11.2. The van der Waals surface area contributed by atoms with Crippen molar-refractivity contribution in [2.45, 2.75) is 6.92 Å². The van der Waals surface area contributed by atoms with Crippen molar-refractivity contribution < 1.29 is 9.53 Å². The fourth-order valence-corrected chi connectivity index (χ4v) is 0.763. The molecule has 0 saturated carbocycles. The molecule has 1 rings (SSSR count). The van der Waals surface area contributed by atoms with Crippen molar-refractivity contribution in [1.82, 2.24) is 10.2 Å². The fourth-order valence-electron chi connectivity index (χ4n) is 0.763. The Morgan fingerprint density at radius 1 is 1.77 bits per heavy atom. The quantitative estimate of drug-likeness (QED) is 0.386. The molecule has 0 spiro atoms. The molecule has 13 heavy (non-hydrogen) atoms. The smallest absolute Gasteiger partial charge is 0.339 e. The van der Waals surface area contributed by atoms with Gasteiger partial charge in [0.25, 0.3) is 0 Å². The molecule has 6 heteroatoms. The number of esters is 1. The lowest BCUT2D eigenvalue weighted by atomic mass is 10.3. The van der Waals surface area contributed by atoms with Crippen molar-refractivity contribution in [1.29, 1.82) is 0 Å². The van der Waals surface area contributed by atoms with Crippen LogP contribution < -0.4 is 11.3 Å². The second-order valence-corrected chi connectivity index (χ2v) is 2.19. The first-order valence-electron chi connectivity index (χ1n) is 3.74. The monoisotopic (exact) mass is 182 g/mol. The minimum Gasteiger partial charge on any atom is -0.462 e. The summed E-state index contributed by atoms with van der Waals surface area (Å²) in [7, 11) is 0. The van der Waals surface area contributed by atoms with Crippen molar-refractivity contribution >= 4 is 11.8 Å². The number of ether oxygens (including phenoxy) is 1. The highest BCUT2D eigenvalue weighted by Gasteiger charge is 2.07. The van der Waals surface area contributed by atoms with Crippen LogP contribution in [0, 0.1) is 0 Å². The molecule has 0 unspecified atom stereocenters. The Hall–Kier alpha value is -1.69. The summed E-state index contributed by atoms with van der Waals surface area (Å²) in [6, 6.07) is 1.46.